The van der Waals surface area contributed by atoms with E-state index in [-0.39, 0.29) is 11.4 Å². The van der Waals surface area contributed by atoms with E-state index >= 15 is 0 Å². The van der Waals surface area contributed by atoms with Crippen molar-refractivity contribution in [1.29, 1.82) is 5.41 Å². The molecule has 14 heteroatoms. The van der Waals surface area contributed by atoms with Gasteiger partial charge in [0.1, 0.15) is 11.2 Å². The number of nitrogen functional groups attached to an aromatic ring is 1. The minimum atomic E-state index is -5.18. The SMILES string of the molecule is N=C(NO)c1nn(-c2ccc([N+](=O)[O-])cc2)c(N)c1[S+]([O-])C(F)(F)F. The van der Waals surface area contributed by atoms with Gasteiger partial charge in [-0.15, -0.1) is 13.2 Å². The zero-order chi connectivity index (χ0) is 18.9. The number of non-ortho nitro benzene ring substituents is 1. The highest BCUT2D eigenvalue weighted by Crippen LogP contribution is 2.36. The standard InChI is InChI=1S/C11H9F3N6O4S/c12-11(13,14)25(24)8-7(9(15)18-21)17-19(10(8)16)5-1-3-6(4-2-5)20(22)23/h1-4,21H,16H2,(H2,15,18). The van der Waals surface area contributed by atoms with Gasteiger partial charge in [-0.25, -0.2) is 4.68 Å². The first kappa shape index (κ1) is 18.5. The summed E-state index contributed by atoms with van der Waals surface area (Å²) in [4.78, 5) is 8.93. The molecular formula is C11H9F3N6O4S. The van der Waals surface area contributed by atoms with Crippen molar-refractivity contribution in [2.75, 3.05) is 5.73 Å². The van der Waals surface area contributed by atoms with Crippen LogP contribution in [0.15, 0.2) is 29.2 Å². The third-order valence-electron chi connectivity index (χ3n) is 2.93. The molecule has 0 bridgehead atoms. The lowest BCUT2D eigenvalue weighted by molar-refractivity contribution is -0.384. The summed E-state index contributed by atoms with van der Waals surface area (Å²) in [6.45, 7) is 0. The van der Waals surface area contributed by atoms with E-state index in [4.69, 9.17) is 16.4 Å². The fraction of sp³-hybridized carbons (Fsp3) is 0.0909. The molecule has 0 radical (unpaired) electrons. The number of hydrogen-bond donors (Lipinski definition) is 4. The Labute approximate surface area is 139 Å². The van der Waals surface area contributed by atoms with E-state index in [0.717, 1.165) is 28.9 Å². The molecule has 2 rings (SSSR count). The smallest absolute Gasteiger partial charge is 0.578 e. The van der Waals surface area contributed by atoms with Gasteiger partial charge in [-0.1, -0.05) is 0 Å². The number of benzene rings is 1. The Hall–Kier alpha value is -2.84. The largest absolute Gasteiger partial charge is 0.604 e. The van der Waals surface area contributed by atoms with Crippen molar-refractivity contribution >= 4 is 28.5 Å². The topological polar surface area (TPSA) is 166 Å². The molecule has 0 aliphatic carbocycles. The van der Waals surface area contributed by atoms with E-state index in [1.54, 1.807) is 0 Å². The second kappa shape index (κ2) is 6.58. The molecule has 0 aliphatic heterocycles. The van der Waals surface area contributed by atoms with Crippen molar-refractivity contribution in [3.63, 3.8) is 0 Å². The second-order valence-corrected chi connectivity index (χ2v) is 5.86. The van der Waals surface area contributed by atoms with Crippen molar-refractivity contribution in [2.45, 2.75) is 10.4 Å². The number of aromatic nitrogens is 2. The van der Waals surface area contributed by atoms with Crippen molar-refractivity contribution in [3.8, 4) is 5.69 Å². The fourth-order valence-corrected chi connectivity index (χ4v) is 2.67. The Morgan fingerprint density at radius 3 is 2.40 bits per heavy atom. The lowest BCUT2D eigenvalue weighted by Crippen LogP contribution is -2.28. The molecule has 5 N–H and O–H groups in total. The fourth-order valence-electron chi connectivity index (χ4n) is 1.84. The van der Waals surface area contributed by atoms with E-state index < -0.39 is 43.9 Å². The van der Waals surface area contributed by atoms with E-state index in [1.807, 2.05) is 0 Å². The number of alkyl halides is 3. The molecule has 1 heterocycles. The van der Waals surface area contributed by atoms with E-state index in [0.29, 0.717) is 0 Å². The number of hydrogen-bond acceptors (Lipinski definition) is 7. The molecule has 10 nitrogen and oxygen atoms in total. The average molecular weight is 378 g/mol. The lowest BCUT2D eigenvalue weighted by atomic mass is 10.3. The molecule has 1 unspecified atom stereocenters. The van der Waals surface area contributed by atoms with Gasteiger partial charge in [0.25, 0.3) is 5.69 Å². The summed E-state index contributed by atoms with van der Waals surface area (Å²) in [6.07, 6.45) is 0. The summed E-state index contributed by atoms with van der Waals surface area (Å²) in [7, 11) is 0. The van der Waals surface area contributed by atoms with Gasteiger partial charge in [0.15, 0.2) is 17.3 Å². The first-order chi connectivity index (χ1) is 11.6. The molecular weight excluding hydrogens is 369 g/mol. The zero-order valence-electron chi connectivity index (χ0n) is 11.9. The number of amidine groups is 1. The van der Waals surface area contributed by atoms with Gasteiger partial charge in [-0.3, -0.25) is 26.2 Å². The molecule has 0 amide bonds. The normalized spacial score (nSPS) is 12.7. The van der Waals surface area contributed by atoms with Gasteiger partial charge >= 0.3 is 5.51 Å². The monoisotopic (exact) mass is 378 g/mol. The van der Waals surface area contributed by atoms with Gasteiger partial charge in [0.2, 0.25) is 4.90 Å². The van der Waals surface area contributed by atoms with Gasteiger partial charge in [0, 0.05) is 12.1 Å². The first-order valence-corrected chi connectivity index (χ1v) is 7.33. The number of nitrogens with two attached hydrogens (primary N) is 1. The molecule has 134 valence electrons. The molecule has 25 heavy (non-hydrogen) atoms. The molecule has 0 saturated heterocycles. The van der Waals surface area contributed by atoms with E-state index in [2.05, 4.69) is 5.10 Å². The summed E-state index contributed by atoms with van der Waals surface area (Å²) in [5.74, 6) is -1.65. The van der Waals surface area contributed by atoms with E-state index in [1.165, 1.54) is 5.48 Å². The second-order valence-electron chi connectivity index (χ2n) is 4.45. The maximum atomic E-state index is 12.8. The molecule has 1 atom stereocenters. The van der Waals surface area contributed by atoms with Crippen LogP contribution in [-0.2, 0) is 11.2 Å². The molecule has 0 aliphatic rings. The summed E-state index contributed by atoms with van der Waals surface area (Å²) in [5, 5.41) is 30.4. The van der Waals surface area contributed by atoms with Gasteiger partial charge in [0.05, 0.1) is 10.6 Å². The summed E-state index contributed by atoms with van der Waals surface area (Å²) in [5.41, 5.74) is 0.684. The van der Waals surface area contributed by atoms with Crippen molar-refractivity contribution in [2.24, 2.45) is 0 Å². The Morgan fingerprint density at radius 1 is 1.40 bits per heavy atom. The van der Waals surface area contributed by atoms with Gasteiger partial charge in [-0.2, -0.15) is 5.10 Å². The third-order valence-corrected chi connectivity index (χ3v) is 4.12. The van der Waals surface area contributed by atoms with Crippen LogP contribution in [-0.4, -0.2) is 35.8 Å². The summed E-state index contributed by atoms with van der Waals surface area (Å²) >= 11 is -3.62. The molecule has 1 aromatic heterocycles. The molecule has 0 spiro atoms. The minimum absolute atomic E-state index is 0.0283. The summed E-state index contributed by atoms with van der Waals surface area (Å²) < 4.78 is 50.8. The minimum Gasteiger partial charge on any atom is -0.604 e. The van der Waals surface area contributed by atoms with Crippen molar-refractivity contribution in [1.82, 2.24) is 15.3 Å². The first-order valence-electron chi connectivity index (χ1n) is 6.19. The lowest BCUT2D eigenvalue weighted by Gasteiger charge is -2.12. The Balaban J connectivity index is 2.62. The molecule has 0 fully saturated rings. The predicted octanol–water partition coefficient (Wildman–Crippen LogP) is 1.29. The van der Waals surface area contributed by atoms with Crippen LogP contribution in [0, 0.1) is 15.5 Å². The number of nitrogens with one attached hydrogen (secondary N) is 2. The summed E-state index contributed by atoms with van der Waals surface area (Å²) in [6, 6.07) is 4.43. The van der Waals surface area contributed by atoms with Crippen LogP contribution in [0.4, 0.5) is 24.7 Å². The quantitative estimate of drug-likeness (QED) is 0.204. The van der Waals surface area contributed by atoms with Crippen LogP contribution in [0.3, 0.4) is 0 Å². The van der Waals surface area contributed by atoms with Crippen LogP contribution in [0.1, 0.15) is 5.69 Å². The highest BCUT2D eigenvalue weighted by Gasteiger charge is 2.50. The van der Waals surface area contributed by atoms with Crippen LogP contribution in [0.5, 0.6) is 0 Å². The predicted molar refractivity (Wildman–Crippen MR) is 78.8 cm³/mol. The van der Waals surface area contributed by atoms with Crippen LogP contribution in [0.2, 0.25) is 0 Å². The molecule has 1 aromatic carbocycles. The number of halogens is 3. The highest BCUT2D eigenvalue weighted by atomic mass is 32.2. The zero-order valence-corrected chi connectivity index (χ0v) is 12.8. The Kier molecular flexibility index (Phi) is 4.87. The highest BCUT2D eigenvalue weighted by molar-refractivity contribution is 7.92. The number of nitrogens with zero attached hydrogens (tertiary/aromatic N) is 3. The third kappa shape index (κ3) is 3.49. The van der Waals surface area contributed by atoms with Crippen LogP contribution >= 0.6 is 0 Å². The number of nitro benzene ring substituents is 1. The van der Waals surface area contributed by atoms with Crippen molar-refractivity contribution in [3.05, 3.63) is 40.1 Å². The maximum Gasteiger partial charge on any atom is 0.578 e. The number of anilines is 1. The number of hydroxylamine groups is 1. The number of nitro groups is 1. The molecule has 0 saturated carbocycles. The van der Waals surface area contributed by atoms with Crippen molar-refractivity contribution < 1.29 is 27.9 Å². The van der Waals surface area contributed by atoms with E-state index in [9.17, 15) is 27.8 Å². The molecule has 2 aromatic rings. The average Bonchev–Trinajstić information content (AvgIpc) is 2.89. The van der Waals surface area contributed by atoms with Gasteiger partial charge in [-0.05, 0) is 12.1 Å². The number of rotatable bonds is 4. The van der Waals surface area contributed by atoms with Gasteiger partial charge < -0.3 is 10.3 Å². The maximum absolute atomic E-state index is 12.8. The van der Waals surface area contributed by atoms with Crippen LogP contribution < -0.4 is 11.2 Å². The Bertz CT molecular complexity index is 822. The Morgan fingerprint density at radius 2 is 1.96 bits per heavy atom. The van der Waals surface area contributed by atoms with Crippen LogP contribution in [0.25, 0.3) is 5.69 Å².